The quantitative estimate of drug-likeness (QED) is 0.672. The van der Waals surface area contributed by atoms with Gasteiger partial charge in [0.15, 0.2) is 0 Å². The van der Waals surface area contributed by atoms with Crippen LogP contribution in [0.2, 0.25) is 0 Å². The van der Waals surface area contributed by atoms with Gasteiger partial charge in [-0.05, 0) is 37.1 Å². The summed E-state index contributed by atoms with van der Waals surface area (Å²) in [5.74, 6) is 0.570. The summed E-state index contributed by atoms with van der Waals surface area (Å²) in [5.41, 5.74) is 3.36. The third-order valence-corrected chi connectivity index (χ3v) is 3.68. The number of benzene rings is 1. The van der Waals surface area contributed by atoms with Crippen molar-refractivity contribution in [3.8, 4) is 11.5 Å². The minimum absolute atomic E-state index is 0.570. The van der Waals surface area contributed by atoms with Crippen molar-refractivity contribution in [1.29, 1.82) is 0 Å². The number of unbranched alkanes of at least 4 members (excludes halogenated alkanes) is 5. The van der Waals surface area contributed by atoms with E-state index in [2.05, 4.69) is 41.5 Å². The van der Waals surface area contributed by atoms with Gasteiger partial charge in [-0.15, -0.1) is 10.2 Å². The van der Waals surface area contributed by atoms with E-state index in [1.165, 1.54) is 56.2 Å². The number of nitrogens with one attached hydrogen (secondary N) is 1. The smallest absolute Gasteiger partial charge is 0.247 e. The monoisotopic (exact) mass is 287 g/mol. The van der Waals surface area contributed by atoms with E-state index in [1.54, 1.807) is 0 Å². The topological polar surface area (TPSA) is 51.0 Å². The number of anilines is 1. The first-order chi connectivity index (χ1) is 10.3. The van der Waals surface area contributed by atoms with Crippen molar-refractivity contribution in [2.24, 2.45) is 0 Å². The van der Waals surface area contributed by atoms with E-state index in [0.29, 0.717) is 5.89 Å². The molecule has 4 heteroatoms. The summed E-state index contributed by atoms with van der Waals surface area (Å²) in [5, 5.41) is 11.2. The molecule has 2 rings (SSSR count). The molecule has 1 N–H and O–H groups in total. The first-order valence-corrected chi connectivity index (χ1v) is 7.92. The fraction of sp³-hybridized carbons (Fsp3) is 0.529. The Bertz CT molecular complexity index is 523. The summed E-state index contributed by atoms with van der Waals surface area (Å²) in [4.78, 5) is 0. The molecule has 1 heterocycles. The molecule has 2 aromatic rings. The third-order valence-electron chi connectivity index (χ3n) is 3.68. The second-order valence-corrected chi connectivity index (χ2v) is 5.47. The Morgan fingerprint density at radius 2 is 1.90 bits per heavy atom. The van der Waals surface area contributed by atoms with E-state index in [1.807, 2.05) is 6.07 Å². The SMILES string of the molecule is CCCCCCCCNc1ccc(-c2nnco2)cc1C. The highest BCUT2D eigenvalue weighted by molar-refractivity contribution is 5.62. The molecule has 1 aromatic carbocycles. The van der Waals surface area contributed by atoms with Crippen molar-refractivity contribution in [2.45, 2.75) is 52.4 Å². The minimum atomic E-state index is 0.570. The average molecular weight is 287 g/mol. The number of nitrogens with zero attached hydrogens (tertiary/aromatic N) is 2. The first kappa shape index (κ1) is 15.5. The normalized spacial score (nSPS) is 10.8. The maximum atomic E-state index is 5.22. The van der Waals surface area contributed by atoms with Gasteiger partial charge < -0.3 is 9.73 Å². The first-order valence-electron chi connectivity index (χ1n) is 7.92. The second kappa shape index (κ2) is 8.45. The lowest BCUT2D eigenvalue weighted by Crippen LogP contribution is -2.03. The summed E-state index contributed by atoms with van der Waals surface area (Å²) in [6.07, 6.45) is 9.29. The van der Waals surface area contributed by atoms with Gasteiger partial charge in [-0.1, -0.05) is 39.0 Å². The van der Waals surface area contributed by atoms with E-state index < -0.39 is 0 Å². The van der Waals surface area contributed by atoms with Gasteiger partial charge >= 0.3 is 0 Å². The van der Waals surface area contributed by atoms with Gasteiger partial charge in [0.2, 0.25) is 12.3 Å². The molecule has 0 atom stereocenters. The van der Waals surface area contributed by atoms with Crippen LogP contribution in [0, 0.1) is 6.92 Å². The molecule has 0 saturated heterocycles. The van der Waals surface area contributed by atoms with Gasteiger partial charge in [-0.25, -0.2) is 0 Å². The van der Waals surface area contributed by atoms with E-state index in [0.717, 1.165) is 12.1 Å². The fourth-order valence-corrected chi connectivity index (χ4v) is 2.42. The molecule has 0 radical (unpaired) electrons. The Morgan fingerprint density at radius 3 is 2.62 bits per heavy atom. The van der Waals surface area contributed by atoms with Gasteiger partial charge in [0.05, 0.1) is 0 Å². The molecule has 0 aliphatic heterocycles. The summed E-state index contributed by atoms with van der Waals surface area (Å²) in [6.45, 7) is 5.39. The Balaban J connectivity index is 1.76. The summed E-state index contributed by atoms with van der Waals surface area (Å²) in [6, 6.07) is 6.19. The predicted molar refractivity (Wildman–Crippen MR) is 86.3 cm³/mol. The molecule has 1 aromatic heterocycles. The van der Waals surface area contributed by atoms with Crippen molar-refractivity contribution in [2.75, 3.05) is 11.9 Å². The van der Waals surface area contributed by atoms with Crippen molar-refractivity contribution >= 4 is 5.69 Å². The van der Waals surface area contributed by atoms with Crippen LogP contribution in [0.4, 0.5) is 5.69 Å². The lowest BCUT2D eigenvalue weighted by Gasteiger charge is -2.10. The highest BCUT2D eigenvalue weighted by Crippen LogP contribution is 2.23. The van der Waals surface area contributed by atoms with Crippen LogP contribution in [0.5, 0.6) is 0 Å². The number of rotatable bonds is 9. The number of hydrogen-bond acceptors (Lipinski definition) is 4. The molecule has 0 fully saturated rings. The lowest BCUT2D eigenvalue weighted by molar-refractivity contribution is 0.568. The highest BCUT2D eigenvalue weighted by Gasteiger charge is 2.05. The Morgan fingerprint density at radius 1 is 1.10 bits per heavy atom. The lowest BCUT2D eigenvalue weighted by atomic mass is 10.1. The molecule has 0 amide bonds. The molecule has 0 unspecified atom stereocenters. The van der Waals surface area contributed by atoms with Gasteiger partial charge in [0.1, 0.15) is 0 Å². The molecule has 114 valence electrons. The zero-order valence-corrected chi connectivity index (χ0v) is 13.1. The Labute approximate surface area is 127 Å². The van der Waals surface area contributed by atoms with E-state index in [9.17, 15) is 0 Å². The van der Waals surface area contributed by atoms with E-state index >= 15 is 0 Å². The van der Waals surface area contributed by atoms with Crippen LogP contribution in [-0.2, 0) is 0 Å². The highest BCUT2D eigenvalue weighted by atomic mass is 16.4. The van der Waals surface area contributed by atoms with Gasteiger partial charge in [0, 0.05) is 17.8 Å². The van der Waals surface area contributed by atoms with Crippen LogP contribution >= 0.6 is 0 Å². The maximum Gasteiger partial charge on any atom is 0.247 e. The summed E-state index contributed by atoms with van der Waals surface area (Å²) >= 11 is 0. The number of hydrogen-bond donors (Lipinski definition) is 1. The minimum Gasteiger partial charge on any atom is -0.423 e. The molecule has 0 aliphatic carbocycles. The molecule has 21 heavy (non-hydrogen) atoms. The van der Waals surface area contributed by atoms with Crippen molar-refractivity contribution < 1.29 is 4.42 Å². The van der Waals surface area contributed by atoms with Crippen LogP contribution in [-0.4, -0.2) is 16.7 Å². The largest absolute Gasteiger partial charge is 0.423 e. The Kier molecular flexibility index (Phi) is 6.25. The molecule has 0 aliphatic rings. The molecule has 0 saturated carbocycles. The standard InChI is InChI=1S/C17H25N3O/c1-3-4-5-6-7-8-11-18-16-10-9-15(12-14(16)2)17-20-19-13-21-17/h9-10,12-13,18H,3-8,11H2,1-2H3. The van der Waals surface area contributed by atoms with Crippen LogP contribution in [0.15, 0.2) is 29.0 Å². The van der Waals surface area contributed by atoms with Gasteiger partial charge in [0.25, 0.3) is 0 Å². The predicted octanol–water partition coefficient (Wildman–Crippen LogP) is 4.82. The average Bonchev–Trinajstić information content (AvgIpc) is 3.02. The zero-order chi connectivity index (χ0) is 14.9. The Hall–Kier alpha value is -1.84. The van der Waals surface area contributed by atoms with Crippen LogP contribution < -0.4 is 5.32 Å². The zero-order valence-electron chi connectivity index (χ0n) is 13.1. The van der Waals surface area contributed by atoms with E-state index in [4.69, 9.17) is 4.42 Å². The van der Waals surface area contributed by atoms with Crippen molar-refractivity contribution in [3.63, 3.8) is 0 Å². The fourth-order valence-electron chi connectivity index (χ4n) is 2.42. The van der Waals surface area contributed by atoms with Gasteiger partial charge in [-0.2, -0.15) is 0 Å². The molecular formula is C17H25N3O. The summed E-state index contributed by atoms with van der Waals surface area (Å²) < 4.78 is 5.22. The molecule has 4 nitrogen and oxygen atoms in total. The van der Waals surface area contributed by atoms with Crippen molar-refractivity contribution in [1.82, 2.24) is 10.2 Å². The van der Waals surface area contributed by atoms with Crippen molar-refractivity contribution in [3.05, 3.63) is 30.2 Å². The number of aryl methyl sites for hydroxylation is 1. The molecule has 0 spiro atoms. The van der Waals surface area contributed by atoms with Crippen LogP contribution in [0.25, 0.3) is 11.5 Å². The third kappa shape index (κ3) is 4.88. The summed E-state index contributed by atoms with van der Waals surface area (Å²) in [7, 11) is 0. The van der Waals surface area contributed by atoms with Crippen LogP contribution in [0.3, 0.4) is 0 Å². The second-order valence-electron chi connectivity index (χ2n) is 5.47. The van der Waals surface area contributed by atoms with E-state index in [-0.39, 0.29) is 0 Å². The van der Waals surface area contributed by atoms with Gasteiger partial charge in [-0.3, -0.25) is 0 Å². The molecular weight excluding hydrogens is 262 g/mol. The van der Waals surface area contributed by atoms with Crippen LogP contribution in [0.1, 0.15) is 51.0 Å². The number of aromatic nitrogens is 2. The molecule has 0 bridgehead atoms. The maximum absolute atomic E-state index is 5.22.